The molecule has 3 heteroatoms. The first-order valence-corrected chi connectivity index (χ1v) is 7.52. The van der Waals surface area contributed by atoms with E-state index >= 15 is 0 Å². The zero-order chi connectivity index (χ0) is 12.5. The standard InChI is InChI=1S/C15H19BrN2/c1-12-4-2-3-6-17(12)10-13-5-7-18-11-14(16)9-15(18)8-13/h5,7-9,11-12H,2-4,6,10H2,1H3/t12-/m1/s1. The van der Waals surface area contributed by atoms with Crippen molar-refractivity contribution in [2.75, 3.05) is 6.54 Å². The Balaban J connectivity index is 1.81. The molecule has 0 saturated carbocycles. The molecule has 0 bridgehead atoms. The highest BCUT2D eigenvalue weighted by Gasteiger charge is 2.18. The molecule has 1 atom stereocenters. The summed E-state index contributed by atoms with van der Waals surface area (Å²) in [4.78, 5) is 2.60. The molecule has 1 saturated heterocycles. The van der Waals surface area contributed by atoms with E-state index in [0.717, 1.165) is 17.1 Å². The lowest BCUT2D eigenvalue weighted by molar-refractivity contribution is 0.152. The van der Waals surface area contributed by atoms with Crippen molar-refractivity contribution in [2.45, 2.75) is 38.8 Å². The largest absolute Gasteiger partial charge is 0.323 e. The number of aromatic nitrogens is 1. The molecule has 3 heterocycles. The summed E-state index contributed by atoms with van der Waals surface area (Å²) in [5.41, 5.74) is 2.69. The molecule has 0 aromatic carbocycles. The minimum absolute atomic E-state index is 0.730. The van der Waals surface area contributed by atoms with Crippen LogP contribution in [0.1, 0.15) is 31.7 Å². The molecule has 0 amide bonds. The van der Waals surface area contributed by atoms with Gasteiger partial charge >= 0.3 is 0 Å². The van der Waals surface area contributed by atoms with Crippen LogP contribution in [0.3, 0.4) is 0 Å². The molecule has 0 aliphatic carbocycles. The van der Waals surface area contributed by atoms with Gasteiger partial charge < -0.3 is 4.40 Å². The molecule has 0 unspecified atom stereocenters. The zero-order valence-electron chi connectivity index (χ0n) is 10.8. The third-order valence-corrected chi connectivity index (χ3v) is 4.39. The number of hydrogen-bond acceptors (Lipinski definition) is 1. The molecular formula is C15H19BrN2. The van der Waals surface area contributed by atoms with E-state index in [1.54, 1.807) is 0 Å². The minimum atomic E-state index is 0.730. The van der Waals surface area contributed by atoms with Crippen LogP contribution in [0, 0.1) is 0 Å². The summed E-state index contributed by atoms with van der Waals surface area (Å²) in [5, 5.41) is 0. The van der Waals surface area contributed by atoms with Crippen molar-refractivity contribution in [1.29, 1.82) is 0 Å². The molecule has 0 spiro atoms. The minimum Gasteiger partial charge on any atom is -0.323 e. The van der Waals surface area contributed by atoms with Gasteiger partial charge in [-0.05, 0) is 66.0 Å². The number of nitrogens with zero attached hydrogens (tertiary/aromatic N) is 2. The van der Waals surface area contributed by atoms with E-state index in [1.165, 1.54) is 36.9 Å². The fraction of sp³-hybridized carbons (Fsp3) is 0.467. The van der Waals surface area contributed by atoms with E-state index in [9.17, 15) is 0 Å². The summed E-state index contributed by atoms with van der Waals surface area (Å²) in [6.07, 6.45) is 8.34. The van der Waals surface area contributed by atoms with Crippen LogP contribution in [0.5, 0.6) is 0 Å². The quantitative estimate of drug-likeness (QED) is 0.811. The van der Waals surface area contributed by atoms with E-state index in [2.05, 4.69) is 62.7 Å². The van der Waals surface area contributed by atoms with Crippen molar-refractivity contribution < 1.29 is 0 Å². The first-order valence-electron chi connectivity index (χ1n) is 6.72. The first kappa shape index (κ1) is 12.2. The van der Waals surface area contributed by atoms with E-state index < -0.39 is 0 Å². The van der Waals surface area contributed by atoms with Crippen molar-refractivity contribution in [3.63, 3.8) is 0 Å². The molecule has 2 nitrogen and oxygen atoms in total. The monoisotopic (exact) mass is 306 g/mol. The van der Waals surface area contributed by atoms with Gasteiger partial charge in [-0.2, -0.15) is 0 Å². The molecule has 2 aromatic heterocycles. The number of rotatable bonds is 2. The molecular weight excluding hydrogens is 288 g/mol. The third-order valence-electron chi connectivity index (χ3n) is 3.96. The highest BCUT2D eigenvalue weighted by molar-refractivity contribution is 9.10. The Labute approximate surface area is 117 Å². The van der Waals surface area contributed by atoms with Crippen LogP contribution in [0.2, 0.25) is 0 Å². The van der Waals surface area contributed by atoms with E-state index in [1.807, 2.05) is 0 Å². The fourth-order valence-corrected chi connectivity index (χ4v) is 3.30. The van der Waals surface area contributed by atoms with Crippen LogP contribution in [0.25, 0.3) is 5.52 Å². The Hall–Kier alpha value is -0.800. The average molecular weight is 307 g/mol. The van der Waals surface area contributed by atoms with Crippen molar-refractivity contribution >= 4 is 21.4 Å². The van der Waals surface area contributed by atoms with Gasteiger partial charge in [0.1, 0.15) is 0 Å². The molecule has 3 rings (SSSR count). The normalized spacial score (nSPS) is 21.6. The lowest BCUT2D eigenvalue weighted by atomic mass is 10.0. The number of halogens is 1. The summed E-state index contributed by atoms with van der Waals surface area (Å²) < 4.78 is 3.30. The Morgan fingerprint density at radius 1 is 1.33 bits per heavy atom. The fourth-order valence-electron chi connectivity index (χ4n) is 2.85. The topological polar surface area (TPSA) is 7.65 Å². The highest BCUT2D eigenvalue weighted by Crippen LogP contribution is 2.21. The lowest BCUT2D eigenvalue weighted by Gasteiger charge is -2.33. The van der Waals surface area contributed by atoms with Crippen LogP contribution >= 0.6 is 15.9 Å². The van der Waals surface area contributed by atoms with Gasteiger partial charge in [-0.25, -0.2) is 0 Å². The van der Waals surface area contributed by atoms with Crippen molar-refractivity contribution in [1.82, 2.24) is 9.30 Å². The van der Waals surface area contributed by atoms with Crippen LogP contribution in [-0.4, -0.2) is 21.9 Å². The van der Waals surface area contributed by atoms with Gasteiger partial charge in [0.05, 0.1) is 0 Å². The molecule has 1 aliphatic heterocycles. The highest BCUT2D eigenvalue weighted by atomic mass is 79.9. The predicted octanol–water partition coefficient (Wildman–Crippen LogP) is 4.08. The maximum absolute atomic E-state index is 3.53. The number of piperidine rings is 1. The van der Waals surface area contributed by atoms with Crippen LogP contribution in [0.15, 0.2) is 35.1 Å². The molecule has 96 valence electrons. The SMILES string of the molecule is C[C@@H]1CCCCN1Cc1ccn2cc(Br)cc2c1. The number of fused-ring (bicyclic) bond motifs is 1. The average Bonchev–Trinajstić information content (AvgIpc) is 2.71. The van der Waals surface area contributed by atoms with Crippen molar-refractivity contribution in [3.8, 4) is 0 Å². The van der Waals surface area contributed by atoms with Crippen LogP contribution in [0.4, 0.5) is 0 Å². The summed E-state index contributed by atoms with van der Waals surface area (Å²) in [5.74, 6) is 0. The molecule has 1 aliphatic rings. The molecule has 2 aromatic rings. The maximum atomic E-state index is 3.53. The Bertz CT molecular complexity index is 546. The molecule has 1 fully saturated rings. The summed E-state index contributed by atoms with van der Waals surface area (Å²) >= 11 is 3.53. The maximum Gasteiger partial charge on any atom is 0.0464 e. The number of hydrogen-bond donors (Lipinski definition) is 0. The number of likely N-dealkylation sites (tertiary alicyclic amines) is 1. The van der Waals surface area contributed by atoms with Gasteiger partial charge in [-0.15, -0.1) is 0 Å². The lowest BCUT2D eigenvalue weighted by Crippen LogP contribution is -2.36. The predicted molar refractivity (Wildman–Crippen MR) is 78.8 cm³/mol. The zero-order valence-corrected chi connectivity index (χ0v) is 12.4. The smallest absolute Gasteiger partial charge is 0.0464 e. The second-order valence-electron chi connectivity index (χ2n) is 5.34. The van der Waals surface area contributed by atoms with E-state index in [-0.39, 0.29) is 0 Å². The van der Waals surface area contributed by atoms with Gasteiger partial charge in [0.2, 0.25) is 0 Å². The summed E-state index contributed by atoms with van der Waals surface area (Å²) in [6, 6.07) is 7.43. The van der Waals surface area contributed by atoms with Gasteiger partial charge in [0, 0.05) is 35.0 Å². The molecule has 18 heavy (non-hydrogen) atoms. The second kappa shape index (κ2) is 5.06. The Morgan fingerprint density at radius 3 is 3.06 bits per heavy atom. The van der Waals surface area contributed by atoms with Crippen molar-refractivity contribution in [2.24, 2.45) is 0 Å². The van der Waals surface area contributed by atoms with E-state index in [0.29, 0.717) is 0 Å². The number of pyridine rings is 1. The summed E-state index contributed by atoms with van der Waals surface area (Å²) in [6.45, 7) is 4.68. The Kier molecular flexibility index (Phi) is 3.44. The molecule has 0 radical (unpaired) electrons. The first-order chi connectivity index (χ1) is 8.72. The Morgan fingerprint density at radius 2 is 2.22 bits per heavy atom. The van der Waals surface area contributed by atoms with Crippen LogP contribution in [-0.2, 0) is 6.54 Å². The van der Waals surface area contributed by atoms with E-state index in [4.69, 9.17) is 0 Å². The van der Waals surface area contributed by atoms with Gasteiger partial charge in [0.15, 0.2) is 0 Å². The van der Waals surface area contributed by atoms with Crippen LogP contribution < -0.4 is 0 Å². The summed E-state index contributed by atoms with van der Waals surface area (Å²) in [7, 11) is 0. The van der Waals surface area contributed by atoms with Gasteiger partial charge in [0.25, 0.3) is 0 Å². The third kappa shape index (κ3) is 2.47. The second-order valence-corrected chi connectivity index (χ2v) is 6.26. The van der Waals surface area contributed by atoms with Gasteiger partial charge in [-0.3, -0.25) is 4.90 Å². The van der Waals surface area contributed by atoms with Gasteiger partial charge in [-0.1, -0.05) is 6.42 Å². The van der Waals surface area contributed by atoms with Crippen molar-refractivity contribution in [3.05, 3.63) is 40.6 Å². The molecule has 0 N–H and O–H groups in total.